The maximum Gasteiger partial charge on any atom is 0.344 e. The van der Waals surface area contributed by atoms with Gasteiger partial charge in [-0.1, -0.05) is 0 Å². The van der Waals surface area contributed by atoms with Crippen LogP contribution in [-0.4, -0.2) is 38.9 Å². The summed E-state index contributed by atoms with van der Waals surface area (Å²) in [5.74, 6) is -0.412. The van der Waals surface area contributed by atoms with E-state index in [1.165, 1.54) is 14.2 Å². The van der Waals surface area contributed by atoms with Crippen molar-refractivity contribution in [2.24, 2.45) is 0 Å². The number of aromatic hydroxyl groups is 1. The third-order valence-electron chi connectivity index (χ3n) is 2.76. The van der Waals surface area contributed by atoms with Gasteiger partial charge in [-0.05, 0) is 40.9 Å². The third-order valence-corrected chi connectivity index (χ3v) is 3.50. The molecule has 0 aliphatic rings. The van der Waals surface area contributed by atoms with E-state index in [2.05, 4.69) is 15.9 Å². The molecule has 0 spiro atoms. The zero-order valence-electron chi connectivity index (χ0n) is 11.8. The number of ether oxygens (including phenoxy) is 4. The Balaban J connectivity index is 3.34. The average molecular weight is 349 g/mol. The molecule has 0 aliphatic heterocycles. The van der Waals surface area contributed by atoms with Crippen molar-refractivity contribution in [1.82, 2.24) is 0 Å². The van der Waals surface area contributed by atoms with Crippen LogP contribution in [0.3, 0.4) is 0 Å². The maximum atomic E-state index is 12.1. The number of halogens is 1. The van der Waals surface area contributed by atoms with Gasteiger partial charge in [0.1, 0.15) is 15.8 Å². The van der Waals surface area contributed by atoms with Crippen molar-refractivity contribution in [3.63, 3.8) is 0 Å². The summed E-state index contributed by atoms with van der Waals surface area (Å²) in [7, 11) is 2.87. The molecule has 112 valence electrons. The topological polar surface area (TPSA) is 74.2 Å². The summed E-state index contributed by atoms with van der Waals surface area (Å²) in [6, 6.07) is 0. The number of esters is 1. The normalized spacial score (nSPS) is 10.4. The van der Waals surface area contributed by atoms with E-state index in [-0.39, 0.29) is 35.1 Å². The molecule has 1 aromatic rings. The lowest BCUT2D eigenvalue weighted by atomic mass is 10.0. The first-order valence-electron chi connectivity index (χ1n) is 5.75. The number of methoxy groups -OCH3 is 2. The Kier molecular flexibility index (Phi) is 6.25. The van der Waals surface area contributed by atoms with Gasteiger partial charge in [-0.15, -0.1) is 0 Å². The van der Waals surface area contributed by atoms with E-state index in [1.54, 1.807) is 13.8 Å². The molecule has 0 aromatic heterocycles. The molecule has 7 heteroatoms. The van der Waals surface area contributed by atoms with Crippen molar-refractivity contribution in [2.45, 2.75) is 13.8 Å². The molecule has 0 saturated carbocycles. The number of phenols is 1. The number of benzene rings is 1. The zero-order chi connectivity index (χ0) is 15.3. The van der Waals surface area contributed by atoms with Crippen LogP contribution in [0.4, 0.5) is 0 Å². The molecule has 0 saturated heterocycles. The SMILES string of the molecule is COCOC(=O)c1c(C)c(C)c(O)c(Br)c1OCOC. The third kappa shape index (κ3) is 3.41. The molecule has 20 heavy (non-hydrogen) atoms. The van der Waals surface area contributed by atoms with Gasteiger partial charge in [0.25, 0.3) is 0 Å². The van der Waals surface area contributed by atoms with Crippen molar-refractivity contribution in [3.8, 4) is 11.5 Å². The first kappa shape index (κ1) is 16.7. The highest BCUT2D eigenvalue weighted by atomic mass is 79.9. The second kappa shape index (κ2) is 7.47. The molecule has 0 amide bonds. The molecule has 1 aromatic carbocycles. The molecule has 6 nitrogen and oxygen atoms in total. The number of phenolic OH excluding ortho intramolecular Hbond substituents is 1. The van der Waals surface area contributed by atoms with Crippen LogP contribution in [0, 0.1) is 13.8 Å². The lowest BCUT2D eigenvalue weighted by Gasteiger charge is -2.17. The van der Waals surface area contributed by atoms with E-state index < -0.39 is 5.97 Å². The summed E-state index contributed by atoms with van der Waals surface area (Å²) in [6.07, 6.45) is 0. The predicted octanol–water partition coefficient (Wildman–Crippen LogP) is 2.51. The highest BCUT2D eigenvalue weighted by Crippen LogP contribution is 2.42. The number of rotatable bonds is 6. The van der Waals surface area contributed by atoms with E-state index >= 15 is 0 Å². The zero-order valence-corrected chi connectivity index (χ0v) is 13.4. The lowest BCUT2D eigenvalue weighted by Crippen LogP contribution is -2.14. The minimum Gasteiger partial charge on any atom is -0.506 e. The Morgan fingerprint density at radius 1 is 1.15 bits per heavy atom. The molecule has 0 unspecified atom stereocenters. The molecule has 0 aliphatic carbocycles. The van der Waals surface area contributed by atoms with Gasteiger partial charge in [0, 0.05) is 14.2 Å². The van der Waals surface area contributed by atoms with Crippen LogP contribution >= 0.6 is 15.9 Å². The summed E-state index contributed by atoms with van der Waals surface area (Å²) in [5.41, 5.74) is 1.35. The Morgan fingerprint density at radius 3 is 2.30 bits per heavy atom. The number of hydrogen-bond acceptors (Lipinski definition) is 6. The minimum atomic E-state index is -0.598. The van der Waals surface area contributed by atoms with Crippen LogP contribution in [0.15, 0.2) is 4.47 Å². The predicted molar refractivity (Wildman–Crippen MR) is 75.1 cm³/mol. The van der Waals surface area contributed by atoms with Crippen molar-refractivity contribution >= 4 is 21.9 Å². The second-order valence-corrected chi connectivity index (χ2v) is 4.80. The van der Waals surface area contributed by atoms with Gasteiger partial charge >= 0.3 is 5.97 Å². The maximum absolute atomic E-state index is 12.1. The molecule has 1 rings (SSSR count). The van der Waals surface area contributed by atoms with Crippen LogP contribution in [0.1, 0.15) is 21.5 Å². The van der Waals surface area contributed by atoms with Crippen LogP contribution in [0.2, 0.25) is 0 Å². The van der Waals surface area contributed by atoms with Crippen LogP contribution in [0.25, 0.3) is 0 Å². The molecular formula is C13H17BrO6. The summed E-state index contributed by atoms with van der Waals surface area (Å²) < 4.78 is 20.1. The van der Waals surface area contributed by atoms with E-state index in [4.69, 9.17) is 18.9 Å². The number of carbonyl (C=O) groups is 1. The van der Waals surface area contributed by atoms with E-state index in [0.29, 0.717) is 11.1 Å². The minimum absolute atomic E-state index is 0.0110. The van der Waals surface area contributed by atoms with Gasteiger partial charge < -0.3 is 24.1 Å². The molecule has 1 N–H and O–H groups in total. The highest BCUT2D eigenvalue weighted by molar-refractivity contribution is 9.10. The van der Waals surface area contributed by atoms with E-state index in [9.17, 15) is 9.90 Å². The molecule has 0 radical (unpaired) electrons. The van der Waals surface area contributed by atoms with Gasteiger partial charge in [-0.3, -0.25) is 0 Å². The Bertz CT molecular complexity index is 500. The highest BCUT2D eigenvalue weighted by Gasteiger charge is 2.25. The van der Waals surface area contributed by atoms with E-state index in [0.717, 1.165) is 0 Å². The van der Waals surface area contributed by atoms with Gasteiger partial charge in [0.2, 0.25) is 0 Å². The van der Waals surface area contributed by atoms with Crippen LogP contribution in [0.5, 0.6) is 11.5 Å². The monoisotopic (exact) mass is 348 g/mol. The largest absolute Gasteiger partial charge is 0.506 e. The number of carbonyl (C=O) groups excluding carboxylic acids is 1. The fourth-order valence-electron chi connectivity index (χ4n) is 1.60. The van der Waals surface area contributed by atoms with Crippen LogP contribution in [-0.2, 0) is 14.2 Å². The van der Waals surface area contributed by atoms with E-state index in [1.807, 2.05) is 0 Å². The Morgan fingerprint density at radius 2 is 1.75 bits per heavy atom. The standard InChI is InChI=1S/C13H17BrO6/c1-7-8(2)11(15)10(14)12(19-5-17-3)9(7)13(16)20-6-18-4/h15H,5-6H2,1-4H3. The lowest BCUT2D eigenvalue weighted by molar-refractivity contribution is -0.0133. The first-order chi connectivity index (χ1) is 9.45. The number of hydrogen-bond donors (Lipinski definition) is 1. The van der Waals surface area contributed by atoms with Crippen molar-refractivity contribution in [2.75, 3.05) is 27.8 Å². The molecule has 0 bridgehead atoms. The molecule has 0 fully saturated rings. The smallest absolute Gasteiger partial charge is 0.344 e. The Labute approximate surface area is 125 Å². The van der Waals surface area contributed by atoms with Gasteiger partial charge in [0.15, 0.2) is 19.3 Å². The average Bonchev–Trinajstić information content (AvgIpc) is 2.44. The molecular weight excluding hydrogens is 332 g/mol. The summed E-state index contributed by atoms with van der Waals surface area (Å²) in [6.45, 7) is 3.16. The Hall–Kier alpha value is -1.31. The van der Waals surface area contributed by atoms with Crippen molar-refractivity contribution < 1.29 is 28.8 Å². The summed E-state index contributed by atoms with van der Waals surface area (Å²) >= 11 is 3.21. The quantitative estimate of drug-likeness (QED) is 0.628. The van der Waals surface area contributed by atoms with Crippen LogP contribution < -0.4 is 4.74 Å². The van der Waals surface area contributed by atoms with Crippen molar-refractivity contribution in [3.05, 3.63) is 21.2 Å². The fourth-order valence-corrected chi connectivity index (χ4v) is 2.21. The fraction of sp³-hybridized carbons (Fsp3) is 0.462. The van der Waals surface area contributed by atoms with Gasteiger partial charge in [0.05, 0.1) is 0 Å². The van der Waals surface area contributed by atoms with Gasteiger partial charge in [-0.25, -0.2) is 4.79 Å². The van der Waals surface area contributed by atoms with Crippen molar-refractivity contribution in [1.29, 1.82) is 0 Å². The van der Waals surface area contributed by atoms with Gasteiger partial charge in [-0.2, -0.15) is 0 Å². The first-order valence-corrected chi connectivity index (χ1v) is 6.54. The summed E-state index contributed by atoms with van der Waals surface area (Å²) in [5, 5.41) is 10.0. The second-order valence-electron chi connectivity index (χ2n) is 4.01. The summed E-state index contributed by atoms with van der Waals surface area (Å²) in [4.78, 5) is 12.1. The molecule has 0 heterocycles. The molecule has 0 atom stereocenters.